The zero-order valence-electron chi connectivity index (χ0n) is 9.58. The summed E-state index contributed by atoms with van der Waals surface area (Å²) in [5, 5.41) is 0. The molecule has 0 aliphatic carbocycles. The lowest BCUT2D eigenvalue weighted by molar-refractivity contribution is -0.162. The zero-order valence-corrected chi connectivity index (χ0v) is 10.4. The molecule has 0 spiro atoms. The van der Waals surface area contributed by atoms with Crippen molar-refractivity contribution in [1.29, 1.82) is 0 Å². The Morgan fingerprint density at radius 2 is 2.06 bits per heavy atom. The number of hydrogen-bond donors (Lipinski definition) is 1. The molecule has 6 heteroatoms. The van der Waals surface area contributed by atoms with Crippen LogP contribution < -0.4 is 5.73 Å². The van der Waals surface area contributed by atoms with Crippen molar-refractivity contribution in [3.8, 4) is 0 Å². The van der Waals surface area contributed by atoms with Gasteiger partial charge < -0.3 is 5.73 Å². The van der Waals surface area contributed by atoms with E-state index in [1.165, 1.54) is 11.4 Å². The van der Waals surface area contributed by atoms with Crippen LogP contribution >= 0.6 is 11.9 Å². The Hall–Kier alpha value is -0.460. The maximum atomic E-state index is 12.4. The predicted octanol–water partition coefficient (Wildman–Crippen LogP) is 2.94. The lowest BCUT2D eigenvalue weighted by Gasteiger charge is -2.25. The normalized spacial score (nSPS) is 16.1. The molecule has 0 aromatic carbocycles. The van der Waals surface area contributed by atoms with Gasteiger partial charge in [-0.15, -0.1) is 0 Å². The first-order valence-corrected chi connectivity index (χ1v) is 5.57. The average Bonchev–Trinajstić information content (AvgIpc) is 2.15. The molecule has 0 fully saturated rings. The van der Waals surface area contributed by atoms with Crippen LogP contribution in [-0.4, -0.2) is 30.1 Å². The molecular weight excluding hydrogens is 237 g/mol. The second kappa shape index (κ2) is 6.98. The first kappa shape index (κ1) is 15.5. The van der Waals surface area contributed by atoms with Gasteiger partial charge in [-0.25, -0.2) is 4.31 Å². The van der Waals surface area contributed by atoms with E-state index in [9.17, 15) is 13.2 Å². The molecule has 0 saturated carbocycles. The monoisotopic (exact) mass is 254 g/mol. The lowest BCUT2D eigenvalue weighted by atomic mass is 10.3. The van der Waals surface area contributed by atoms with Crippen molar-refractivity contribution in [3.05, 3.63) is 23.1 Å². The van der Waals surface area contributed by atoms with Crippen LogP contribution in [0.25, 0.3) is 0 Å². The van der Waals surface area contributed by atoms with Crippen molar-refractivity contribution < 1.29 is 13.2 Å². The van der Waals surface area contributed by atoms with Crippen LogP contribution in [0.15, 0.2) is 23.1 Å². The van der Waals surface area contributed by atoms with Crippen molar-refractivity contribution in [3.63, 3.8) is 0 Å². The standard InChI is InChI=1S/C10H17F3N2S/c1-8(6-4-5-7-14)16-15(3)9(2)10(11,12)13/h4-6,9H,7,14H2,1-3H3/b5-4+,8-6-. The molecule has 0 aliphatic heterocycles. The molecule has 1 atom stereocenters. The van der Waals surface area contributed by atoms with E-state index in [0.717, 1.165) is 23.8 Å². The van der Waals surface area contributed by atoms with Gasteiger partial charge >= 0.3 is 6.18 Å². The van der Waals surface area contributed by atoms with Crippen molar-refractivity contribution in [1.82, 2.24) is 4.31 Å². The molecular formula is C10H17F3N2S. The van der Waals surface area contributed by atoms with E-state index in [0.29, 0.717) is 6.54 Å². The molecule has 0 radical (unpaired) electrons. The van der Waals surface area contributed by atoms with Gasteiger partial charge in [-0.2, -0.15) is 13.2 Å². The Labute approximate surface area is 98.5 Å². The molecule has 0 aliphatic rings. The number of rotatable bonds is 5. The van der Waals surface area contributed by atoms with Gasteiger partial charge in [0.25, 0.3) is 0 Å². The smallest absolute Gasteiger partial charge is 0.327 e. The highest BCUT2D eigenvalue weighted by atomic mass is 32.2. The molecule has 1 unspecified atom stereocenters. The number of nitrogens with zero attached hydrogens (tertiary/aromatic N) is 1. The Morgan fingerprint density at radius 3 is 2.50 bits per heavy atom. The molecule has 0 rings (SSSR count). The Kier molecular flexibility index (Phi) is 6.78. The maximum absolute atomic E-state index is 12.4. The van der Waals surface area contributed by atoms with Crippen molar-refractivity contribution in [2.75, 3.05) is 13.6 Å². The van der Waals surface area contributed by atoms with E-state index in [-0.39, 0.29) is 0 Å². The molecule has 94 valence electrons. The summed E-state index contributed by atoms with van der Waals surface area (Å²) in [6.45, 7) is 3.31. The summed E-state index contributed by atoms with van der Waals surface area (Å²) in [5.74, 6) is 0. The molecule has 2 nitrogen and oxygen atoms in total. The first-order chi connectivity index (χ1) is 7.29. The summed E-state index contributed by atoms with van der Waals surface area (Å²) in [4.78, 5) is 0.781. The Morgan fingerprint density at radius 1 is 1.50 bits per heavy atom. The van der Waals surface area contributed by atoms with Crippen molar-refractivity contribution in [2.45, 2.75) is 26.1 Å². The second-order valence-electron chi connectivity index (χ2n) is 3.30. The molecule has 2 N–H and O–H groups in total. The predicted molar refractivity (Wildman–Crippen MR) is 62.8 cm³/mol. The summed E-state index contributed by atoms with van der Waals surface area (Å²) >= 11 is 1.07. The number of allylic oxidation sites excluding steroid dienone is 3. The highest BCUT2D eigenvalue weighted by Gasteiger charge is 2.39. The highest BCUT2D eigenvalue weighted by molar-refractivity contribution is 8.00. The molecule has 0 amide bonds. The fourth-order valence-electron chi connectivity index (χ4n) is 0.825. The average molecular weight is 254 g/mol. The fourth-order valence-corrected chi connectivity index (χ4v) is 1.70. The lowest BCUT2D eigenvalue weighted by Crippen LogP contribution is -2.37. The topological polar surface area (TPSA) is 29.3 Å². The summed E-state index contributed by atoms with van der Waals surface area (Å²) in [6.07, 6.45) is 0.998. The van der Waals surface area contributed by atoms with Crippen LogP contribution in [0.4, 0.5) is 13.2 Å². The summed E-state index contributed by atoms with van der Waals surface area (Å²) < 4.78 is 38.2. The van der Waals surface area contributed by atoms with E-state index in [1.807, 2.05) is 0 Å². The number of nitrogens with two attached hydrogens (primary N) is 1. The van der Waals surface area contributed by atoms with Crippen LogP contribution in [-0.2, 0) is 0 Å². The minimum Gasteiger partial charge on any atom is -0.327 e. The van der Waals surface area contributed by atoms with Crippen LogP contribution in [0.3, 0.4) is 0 Å². The fraction of sp³-hybridized carbons (Fsp3) is 0.600. The molecule has 0 saturated heterocycles. The van der Waals surface area contributed by atoms with Gasteiger partial charge in [-0.1, -0.05) is 18.2 Å². The van der Waals surface area contributed by atoms with Crippen LogP contribution in [0.1, 0.15) is 13.8 Å². The third-order valence-corrected chi connectivity index (χ3v) is 2.94. The number of hydrogen-bond acceptors (Lipinski definition) is 3. The van der Waals surface area contributed by atoms with Gasteiger partial charge in [-0.3, -0.25) is 0 Å². The summed E-state index contributed by atoms with van der Waals surface area (Å²) in [6, 6.07) is -1.47. The summed E-state index contributed by atoms with van der Waals surface area (Å²) in [5.41, 5.74) is 5.24. The summed E-state index contributed by atoms with van der Waals surface area (Å²) in [7, 11) is 1.42. The largest absolute Gasteiger partial charge is 0.404 e. The molecule has 0 aromatic rings. The third kappa shape index (κ3) is 6.19. The van der Waals surface area contributed by atoms with Crippen LogP contribution in [0, 0.1) is 0 Å². The number of alkyl halides is 3. The first-order valence-electron chi connectivity index (χ1n) is 4.80. The molecule has 0 aromatic heterocycles. The third-order valence-electron chi connectivity index (χ3n) is 1.91. The van der Waals surface area contributed by atoms with Crippen molar-refractivity contribution >= 4 is 11.9 Å². The zero-order chi connectivity index (χ0) is 12.8. The Bertz CT molecular complexity index is 261. The quantitative estimate of drug-likeness (QED) is 0.604. The highest BCUT2D eigenvalue weighted by Crippen LogP contribution is 2.30. The SMILES string of the molecule is C/C(=C/C=C/CN)SN(C)C(C)C(F)(F)F. The van der Waals surface area contributed by atoms with Gasteiger partial charge in [0.15, 0.2) is 0 Å². The van der Waals surface area contributed by atoms with Crippen LogP contribution in [0.5, 0.6) is 0 Å². The van der Waals surface area contributed by atoms with Gasteiger partial charge in [0, 0.05) is 6.54 Å². The van der Waals surface area contributed by atoms with E-state index >= 15 is 0 Å². The Balaban J connectivity index is 4.29. The van der Waals surface area contributed by atoms with Crippen LogP contribution in [0.2, 0.25) is 0 Å². The van der Waals surface area contributed by atoms with Crippen molar-refractivity contribution in [2.24, 2.45) is 5.73 Å². The minimum atomic E-state index is -4.20. The number of halogens is 3. The van der Waals surface area contributed by atoms with Gasteiger partial charge in [-0.05, 0) is 37.7 Å². The maximum Gasteiger partial charge on any atom is 0.404 e. The minimum absolute atomic E-state index is 0.420. The molecule has 0 bridgehead atoms. The second-order valence-corrected chi connectivity index (χ2v) is 4.70. The van der Waals surface area contributed by atoms with Gasteiger partial charge in [0.2, 0.25) is 0 Å². The van der Waals surface area contributed by atoms with E-state index in [4.69, 9.17) is 5.73 Å². The van der Waals surface area contributed by atoms with Gasteiger partial charge in [0.05, 0.1) is 0 Å². The van der Waals surface area contributed by atoms with E-state index < -0.39 is 12.2 Å². The molecule has 16 heavy (non-hydrogen) atoms. The van der Waals surface area contributed by atoms with E-state index in [2.05, 4.69) is 0 Å². The van der Waals surface area contributed by atoms with Gasteiger partial charge in [0.1, 0.15) is 6.04 Å². The molecule has 0 heterocycles. The van der Waals surface area contributed by atoms with E-state index in [1.54, 1.807) is 25.2 Å².